The number of allylic oxidation sites excluding steroid dienone is 16. The van der Waals surface area contributed by atoms with Crippen LogP contribution in [0.15, 0.2) is 97.2 Å². The molecule has 0 aliphatic heterocycles. The number of hydrogen-bond donors (Lipinski definition) is 3. The third-order valence-corrected chi connectivity index (χ3v) is 17.5. The highest BCUT2D eigenvalue weighted by Gasteiger charge is 2.30. The zero-order valence-corrected chi connectivity index (χ0v) is 62.1. The molecular weight excluding hydrogens is 1260 g/mol. The predicted octanol–water partition coefficient (Wildman–Crippen LogP) is 21.2. The van der Waals surface area contributed by atoms with Gasteiger partial charge in [-0.1, -0.05) is 285 Å². The Bertz CT molecular complexity index is 2200. The number of phosphoric ester groups is 2. The van der Waals surface area contributed by atoms with Gasteiger partial charge in [0, 0.05) is 25.7 Å². The summed E-state index contributed by atoms with van der Waals surface area (Å²) in [4.78, 5) is 72.7. The zero-order valence-electron chi connectivity index (χ0n) is 60.3. The van der Waals surface area contributed by atoms with E-state index in [0.717, 1.165) is 141 Å². The Morgan fingerprint density at radius 2 is 0.552 bits per heavy atom. The number of esters is 4. The summed E-state index contributed by atoms with van der Waals surface area (Å²) in [5.41, 5.74) is 0. The minimum absolute atomic E-state index is 0.0714. The number of carbonyl (C=O) groups excluding carboxylic acids is 4. The molecule has 0 saturated carbocycles. The second-order valence-electron chi connectivity index (χ2n) is 24.8. The lowest BCUT2D eigenvalue weighted by atomic mass is 10.1. The Hall–Kier alpha value is -4.02. The van der Waals surface area contributed by atoms with E-state index in [0.29, 0.717) is 32.1 Å². The van der Waals surface area contributed by atoms with Gasteiger partial charge in [-0.05, 0) is 96.3 Å². The third kappa shape index (κ3) is 68.5. The van der Waals surface area contributed by atoms with Crippen molar-refractivity contribution >= 4 is 39.5 Å². The molecule has 5 atom stereocenters. The van der Waals surface area contributed by atoms with E-state index in [1.165, 1.54) is 83.5 Å². The topological polar surface area (TPSA) is 237 Å². The van der Waals surface area contributed by atoms with Gasteiger partial charge in [0.05, 0.1) is 26.4 Å². The summed E-state index contributed by atoms with van der Waals surface area (Å²) in [7, 11) is -9.95. The average Bonchev–Trinajstić information content (AvgIpc) is 1.85. The molecule has 0 amide bonds. The van der Waals surface area contributed by atoms with Crippen LogP contribution in [0.3, 0.4) is 0 Å². The molecule has 0 bridgehead atoms. The molecular formula is C77H134O17P2. The van der Waals surface area contributed by atoms with Crippen molar-refractivity contribution in [2.75, 3.05) is 39.6 Å². The van der Waals surface area contributed by atoms with Crippen LogP contribution in [0.25, 0.3) is 0 Å². The summed E-state index contributed by atoms with van der Waals surface area (Å²) in [6.45, 7) is 4.58. The fourth-order valence-electron chi connectivity index (χ4n) is 9.92. The maximum atomic E-state index is 13.1. The molecule has 0 aromatic carbocycles. The van der Waals surface area contributed by atoms with Gasteiger partial charge >= 0.3 is 39.5 Å². The summed E-state index contributed by atoms with van der Waals surface area (Å²) >= 11 is 0. The first kappa shape index (κ1) is 92.0. The number of ether oxygens (including phenoxy) is 4. The molecule has 3 N–H and O–H groups in total. The summed E-state index contributed by atoms with van der Waals surface area (Å²) in [6, 6.07) is 0. The molecule has 96 heavy (non-hydrogen) atoms. The Balaban J connectivity index is 5.37. The summed E-state index contributed by atoms with van der Waals surface area (Å²) in [6.07, 6.45) is 71.3. The van der Waals surface area contributed by atoms with E-state index in [4.69, 9.17) is 37.0 Å². The molecule has 0 aliphatic carbocycles. The monoisotopic (exact) mass is 1390 g/mol. The molecule has 0 spiro atoms. The van der Waals surface area contributed by atoms with Crippen molar-refractivity contribution in [3.63, 3.8) is 0 Å². The van der Waals surface area contributed by atoms with E-state index in [9.17, 15) is 43.2 Å². The Labute approximate surface area is 582 Å². The van der Waals surface area contributed by atoms with Gasteiger partial charge in [0.25, 0.3) is 0 Å². The van der Waals surface area contributed by atoms with Crippen molar-refractivity contribution < 1.29 is 80.2 Å². The smallest absolute Gasteiger partial charge is 0.462 e. The molecule has 5 unspecified atom stereocenters. The van der Waals surface area contributed by atoms with E-state index in [2.05, 4.69) is 113 Å². The highest BCUT2D eigenvalue weighted by Crippen LogP contribution is 2.45. The lowest BCUT2D eigenvalue weighted by Crippen LogP contribution is -2.30. The summed E-state index contributed by atoms with van der Waals surface area (Å²) in [5, 5.41) is 10.6. The molecule has 0 rings (SSSR count). The highest BCUT2D eigenvalue weighted by molar-refractivity contribution is 7.47. The van der Waals surface area contributed by atoms with Crippen LogP contribution in [-0.2, 0) is 65.4 Å². The minimum atomic E-state index is -4.99. The zero-order chi connectivity index (χ0) is 70.4. The Kier molecular flexibility index (Phi) is 66.6. The number of hydrogen-bond acceptors (Lipinski definition) is 15. The van der Waals surface area contributed by atoms with Crippen LogP contribution < -0.4 is 0 Å². The number of phosphoric acid groups is 2. The van der Waals surface area contributed by atoms with Crippen LogP contribution in [0.2, 0.25) is 0 Å². The molecule has 0 radical (unpaired) electrons. The van der Waals surface area contributed by atoms with Crippen LogP contribution in [0.5, 0.6) is 0 Å². The van der Waals surface area contributed by atoms with E-state index in [-0.39, 0.29) is 25.7 Å². The fraction of sp³-hybridized carbons (Fsp3) is 0.740. The Morgan fingerprint density at radius 1 is 0.302 bits per heavy atom. The molecule has 17 nitrogen and oxygen atoms in total. The Morgan fingerprint density at radius 3 is 0.875 bits per heavy atom. The number of rotatable bonds is 70. The van der Waals surface area contributed by atoms with E-state index < -0.39 is 97.5 Å². The first-order chi connectivity index (χ1) is 46.7. The van der Waals surface area contributed by atoms with E-state index in [1.54, 1.807) is 0 Å². The lowest BCUT2D eigenvalue weighted by Gasteiger charge is -2.21. The van der Waals surface area contributed by atoms with Gasteiger partial charge in [0.2, 0.25) is 0 Å². The maximum Gasteiger partial charge on any atom is 0.472 e. The second-order valence-corrected chi connectivity index (χ2v) is 27.7. The summed E-state index contributed by atoms with van der Waals surface area (Å²) < 4.78 is 68.3. The van der Waals surface area contributed by atoms with Crippen LogP contribution in [-0.4, -0.2) is 96.7 Å². The average molecular weight is 1390 g/mol. The largest absolute Gasteiger partial charge is 0.472 e. The quantitative estimate of drug-likeness (QED) is 0.0169. The molecule has 0 fully saturated rings. The first-order valence-electron chi connectivity index (χ1n) is 37.5. The van der Waals surface area contributed by atoms with Gasteiger partial charge in [-0.3, -0.25) is 37.3 Å². The van der Waals surface area contributed by atoms with Crippen LogP contribution >= 0.6 is 15.6 Å². The number of unbranched alkanes of at least 4 members (excludes halogenated alkanes) is 28. The van der Waals surface area contributed by atoms with Gasteiger partial charge in [-0.15, -0.1) is 0 Å². The predicted molar refractivity (Wildman–Crippen MR) is 390 cm³/mol. The summed E-state index contributed by atoms with van der Waals surface area (Å²) in [5.74, 6) is -2.24. The number of aliphatic hydroxyl groups excluding tert-OH is 1. The van der Waals surface area contributed by atoms with Gasteiger partial charge in [0.1, 0.15) is 19.3 Å². The highest BCUT2D eigenvalue weighted by atomic mass is 31.2. The molecule has 0 saturated heterocycles. The van der Waals surface area contributed by atoms with Gasteiger partial charge in [0.15, 0.2) is 12.2 Å². The van der Waals surface area contributed by atoms with Gasteiger partial charge in [-0.25, -0.2) is 9.13 Å². The standard InChI is InChI=1S/C77H134O17P2/c1-5-9-13-17-21-25-29-31-33-35-37-39-43-46-50-54-58-62-75(80)88-68-73(94-77(82)64-60-56-52-48-44-40-38-36-34-32-30-26-22-18-14-10-6-2)70-92-96(85,86)90-66-71(78)65-89-95(83,84)91-69-72(93-76(81)63-59-55-51-47-42-28-24-20-16-12-8-4)67-87-74(79)61-57-53-49-45-41-27-23-19-15-11-7-3/h9-10,13-14,21-22,25-26,31-34,37,39,46,50,71-73,78H,5-8,11-12,15-20,23-24,27-30,35-36,38,40-45,47-49,51-70H2,1-4H3,(H,83,84)(H,85,86)/b13-9-,14-10-,25-21-,26-22-,33-31-,34-32-,39-37-,50-46-. The van der Waals surface area contributed by atoms with Crippen molar-refractivity contribution in [2.45, 2.75) is 329 Å². The van der Waals surface area contributed by atoms with Gasteiger partial charge < -0.3 is 33.8 Å². The van der Waals surface area contributed by atoms with Crippen LogP contribution in [0, 0.1) is 0 Å². The van der Waals surface area contributed by atoms with Gasteiger partial charge in [-0.2, -0.15) is 0 Å². The number of carbonyl (C=O) groups is 4. The fourth-order valence-corrected chi connectivity index (χ4v) is 11.5. The van der Waals surface area contributed by atoms with Crippen molar-refractivity contribution in [1.29, 1.82) is 0 Å². The molecule has 0 aromatic rings. The van der Waals surface area contributed by atoms with E-state index in [1.807, 2.05) is 12.2 Å². The maximum absolute atomic E-state index is 13.1. The van der Waals surface area contributed by atoms with Crippen molar-refractivity contribution in [3.8, 4) is 0 Å². The second kappa shape index (κ2) is 69.5. The SMILES string of the molecule is CC/C=C\C/C=C\C/C=C\C/C=C\C/C=C\CCCC(=O)OCC(COP(=O)(O)OCC(O)COP(=O)(O)OCC(COC(=O)CCCCCCCCCCCCC)OC(=O)CCCCCCCCCCCCC)OC(=O)CCCCCCCCC/C=C\C/C=C\C/C=C\CC. The van der Waals surface area contributed by atoms with Crippen LogP contribution in [0.4, 0.5) is 0 Å². The first-order valence-corrected chi connectivity index (χ1v) is 40.5. The third-order valence-electron chi connectivity index (χ3n) is 15.6. The lowest BCUT2D eigenvalue weighted by molar-refractivity contribution is -0.161. The van der Waals surface area contributed by atoms with Crippen LogP contribution in [0.1, 0.15) is 310 Å². The van der Waals surface area contributed by atoms with Crippen molar-refractivity contribution in [1.82, 2.24) is 0 Å². The van der Waals surface area contributed by atoms with E-state index >= 15 is 0 Å². The minimum Gasteiger partial charge on any atom is -0.462 e. The number of aliphatic hydroxyl groups is 1. The molecule has 19 heteroatoms. The molecule has 0 aliphatic rings. The molecule has 0 aromatic heterocycles. The normalized spacial score (nSPS) is 14.5. The van der Waals surface area contributed by atoms with Crippen molar-refractivity contribution in [3.05, 3.63) is 97.2 Å². The molecule has 554 valence electrons. The molecule has 0 heterocycles. The van der Waals surface area contributed by atoms with Crippen molar-refractivity contribution in [2.24, 2.45) is 0 Å².